The van der Waals surface area contributed by atoms with Crippen LogP contribution in [0.5, 0.6) is 0 Å². The molecule has 2 rings (SSSR count). The molecule has 0 radical (unpaired) electrons. The fourth-order valence-electron chi connectivity index (χ4n) is 4.79. The van der Waals surface area contributed by atoms with Gasteiger partial charge in [-0.15, -0.1) is 6.42 Å². The molecule has 7 heteroatoms. The highest BCUT2D eigenvalue weighted by Crippen LogP contribution is 2.25. The van der Waals surface area contributed by atoms with Crippen molar-refractivity contribution in [3.05, 3.63) is 35.4 Å². The first-order valence-corrected chi connectivity index (χ1v) is 14.3. The first kappa shape index (κ1) is 31.2. The lowest BCUT2D eigenvalue weighted by molar-refractivity contribution is -0.140. The SMILES string of the molecule is C#Cc1ccc(C(C(=O)NC2CCCCC2)N(CCCCCCCC)C(=O)CNC(=O)OC(C)(C)C)cc1. The number of carbonyl (C=O) groups excluding carboxylic acids is 3. The molecule has 2 N–H and O–H groups in total. The third-order valence-electron chi connectivity index (χ3n) is 6.76. The molecule has 0 bridgehead atoms. The van der Waals surface area contributed by atoms with Crippen LogP contribution >= 0.6 is 0 Å². The predicted octanol–water partition coefficient (Wildman–Crippen LogP) is 5.87. The number of ether oxygens (including phenoxy) is 1. The maximum atomic E-state index is 13.8. The molecule has 1 aromatic carbocycles. The molecule has 0 heterocycles. The monoisotopic (exact) mass is 525 g/mol. The van der Waals surface area contributed by atoms with Gasteiger partial charge in [0.15, 0.2) is 0 Å². The van der Waals surface area contributed by atoms with Gasteiger partial charge in [0.25, 0.3) is 0 Å². The minimum atomic E-state index is -0.813. The molecule has 210 valence electrons. The molecule has 38 heavy (non-hydrogen) atoms. The topological polar surface area (TPSA) is 87.7 Å². The molecule has 3 amide bonds. The van der Waals surface area contributed by atoms with E-state index in [0.29, 0.717) is 17.7 Å². The number of hydrogen-bond donors (Lipinski definition) is 2. The number of terminal acetylenes is 1. The summed E-state index contributed by atoms with van der Waals surface area (Å²) in [6.45, 7) is 7.65. The van der Waals surface area contributed by atoms with Crippen LogP contribution in [0.25, 0.3) is 0 Å². The van der Waals surface area contributed by atoms with E-state index in [1.165, 1.54) is 12.8 Å². The molecule has 1 aliphatic rings. The molecule has 0 aliphatic heterocycles. The zero-order valence-electron chi connectivity index (χ0n) is 23.8. The van der Waals surface area contributed by atoms with Crippen LogP contribution in [0.4, 0.5) is 4.79 Å². The molecule has 0 spiro atoms. The molecule has 1 saturated carbocycles. The molecule has 1 aromatic rings. The Hall–Kier alpha value is -3.01. The molecular formula is C31H47N3O4. The highest BCUT2D eigenvalue weighted by molar-refractivity contribution is 5.90. The number of carbonyl (C=O) groups is 3. The van der Waals surface area contributed by atoms with Crippen molar-refractivity contribution in [2.24, 2.45) is 0 Å². The summed E-state index contributed by atoms with van der Waals surface area (Å²) in [6, 6.07) is 6.53. The zero-order chi connectivity index (χ0) is 28.0. The number of benzene rings is 1. The van der Waals surface area contributed by atoms with E-state index in [1.807, 2.05) is 12.1 Å². The first-order chi connectivity index (χ1) is 18.1. The van der Waals surface area contributed by atoms with Crippen molar-refractivity contribution >= 4 is 17.9 Å². The second-order valence-electron chi connectivity index (χ2n) is 11.2. The molecule has 1 aliphatic carbocycles. The summed E-state index contributed by atoms with van der Waals surface area (Å²) >= 11 is 0. The van der Waals surface area contributed by atoms with Crippen molar-refractivity contribution in [1.29, 1.82) is 0 Å². The molecule has 1 atom stereocenters. The Kier molecular flexibility index (Phi) is 13.2. The molecular weight excluding hydrogens is 478 g/mol. The van der Waals surface area contributed by atoms with Crippen LogP contribution in [0.15, 0.2) is 24.3 Å². The van der Waals surface area contributed by atoms with E-state index in [0.717, 1.165) is 57.8 Å². The van der Waals surface area contributed by atoms with Crippen LogP contribution in [-0.2, 0) is 14.3 Å². The van der Waals surface area contributed by atoms with E-state index >= 15 is 0 Å². The zero-order valence-corrected chi connectivity index (χ0v) is 23.8. The van der Waals surface area contributed by atoms with Gasteiger partial charge >= 0.3 is 6.09 Å². The average Bonchev–Trinajstić information content (AvgIpc) is 2.88. The maximum Gasteiger partial charge on any atom is 0.408 e. The lowest BCUT2D eigenvalue weighted by Crippen LogP contribution is -2.50. The van der Waals surface area contributed by atoms with Crippen LogP contribution in [0, 0.1) is 12.3 Å². The molecule has 1 unspecified atom stereocenters. The summed E-state index contributed by atoms with van der Waals surface area (Å²) in [5.74, 6) is 2.09. The minimum absolute atomic E-state index is 0.106. The largest absolute Gasteiger partial charge is 0.444 e. The van der Waals surface area contributed by atoms with Crippen LogP contribution < -0.4 is 10.6 Å². The Morgan fingerprint density at radius 3 is 2.26 bits per heavy atom. The summed E-state index contributed by atoms with van der Waals surface area (Å²) < 4.78 is 5.30. The lowest BCUT2D eigenvalue weighted by Gasteiger charge is -2.33. The van der Waals surface area contributed by atoms with E-state index in [4.69, 9.17) is 11.2 Å². The fourth-order valence-corrected chi connectivity index (χ4v) is 4.79. The van der Waals surface area contributed by atoms with E-state index < -0.39 is 17.7 Å². The average molecular weight is 526 g/mol. The number of unbranched alkanes of at least 4 members (excludes halogenated alkanes) is 5. The van der Waals surface area contributed by atoms with Gasteiger partial charge in [0.1, 0.15) is 18.2 Å². The van der Waals surface area contributed by atoms with E-state index in [2.05, 4.69) is 23.5 Å². The van der Waals surface area contributed by atoms with Gasteiger partial charge in [0.2, 0.25) is 11.8 Å². The smallest absolute Gasteiger partial charge is 0.408 e. The van der Waals surface area contributed by atoms with Gasteiger partial charge in [-0.3, -0.25) is 9.59 Å². The number of nitrogens with zero attached hydrogens (tertiary/aromatic N) is 1. The highest BCUT2D eigenvalue weighted by Gasteiger charge is 2.33. The molecule has 0 saturated heterocycles. The van der Waals surface area contributed by atoms with Crippen molar-refractivity contribution in [2.75, 3.05) is 13.1 Å². The van der Waals surface area contributed by atoms with Crippen molar-refractivity contribution in [3.8, 4) is 12.3 Å². The number of nitrogens with one attached hydrogen (secondary N) is 2. The third kappa shape index (κ3) is 11.2. The van der Waals surface area contributed by atoms with Gasteiger partial charge in [-0.1, -0.05) is 76.3 Å². The van der Waals surface area contributed by atoms with Gasteiger partial charge in [0, 0.05) is 18.2 Å². The van der Waals surface area contributed by atoms with E-state index in [1.54, 1.807) is 37.8 Å². The number of hydrogen-bond acceptors (Lipinski definition) is 4. The predicted molar refractivity (Wildman–Crippen MR) is 151 cm³/mol. The Morgan fingerprint density at radius 2 is 1.66 bits per heavy atom. The Bertz CT molecular complexity index is 924. The second-order valence-corrected chi connectivity index (χ2v) is 11.2. The summed E-state index contributed by atoms with van der Waals surface area (Å²) in [6.07, 6.45) is 16.5. The Morgan fingerprint density at radius 1 is 1.03 bits per heavy atom. The summed E-state index contributed by atoms with van der Waals surface area (Å²) in [5.41, 5.74) is 0.737. The summed E-state index contributed by atoms with van der Waals surface area (Å²) in [5, 5.41) is 5.78. The van der Waals surface area contributed by atoms with Crippen molar-refractivity contribution in [3.63, 3.8) is 0 Å². The van der Waals surface area contributed by atoms with Crippen LogP contribution in [-0.4, -0.2) is 47.5 Å². The van der Waals surface area contributed by atoms with Gasteiger partial charge in [-0.05, 0) is 57.7 Å². The number of amides is 3. The van der Waals surface area contributed by atoms with Gasteiger partial charge < -0.3 is 20.3 Å². The summed E-state index contributed by atoms with van der Waals surface area (Å²) in [4.78, 5) is 41.2. The lowest BCUT2D eigenvalue weighted by atomic mass is 9.94. The molecule has 1 fully saturated rings. The fraction of sp³-hybridized carbons (Fsp3) is 0.645. The maximum absolute atomic E-state index is 13.8. The summed E-state index contributed by atoms with van der Waals surface area (Å²) in [7, 11) is 0. The Labute approximate surface area is 229 Å². The third-order valence-corrected chi connectivity index (χ3v) is 6.76. The second kappa shape index (κ2) is 16.1. The van der Waals surface area contributed by atoms with Crippen LogP contribution in [0.2, 0.25) is 0 Å². The quantitative estimate of drug-likeness (QED) is 0.249. The van der Waals surface area contributed by atoms with Crippen molar-refractivity contribution < 1.29 is 19.1 Å². The normalized spacial score (nSPS) is 14.7. The molecule has 0 aromatic heterocycles. The van der Waals surface area contributed by atoms with Crippen LogP contribution in [0.3, 0.4) is 0 Å². The van der Waals surface area contributed by atoms with Gasteiger partial charge in [-0.25, -0.2) is 4.79 Å². The van der Waals surface area contributed by atoms with Gasteiger partial charge in [-0.2, -0.15) is 0 Å². The van der Waals surface area contributed by atoms with Crippen molar-refractivity contribution in [1.82, 2.24) is 15.5 Å². The number of alkyl carbamates (subject to hydrolysis) is 1. The van der Waals surface area contributed by atoms with E-state index in [-0.39, 0.29) is 24.4 Å². The molecule has 7 nitrogen and oxygen atoms in total. The minimum Gasteiger partial charge on any atom is -0.444 e. The van der Waals surface area contributed by atoms with Crippen LogP contribution in [0.1, 0.15) is 115 Å². The van der Waals surface area contributed by atoms with Crippen molar-refractivity contribution in [2.45, 2.75) is 116 Å². The highest BCUT2D eigenvalue weighted by atomic mass is 16.6. The Balaban J connectivity index is 2.27. The standard InChI is InChI=1S/C31H47N3O4/c1-6-8-9-10-11-15-22-34(27(35)23-32-30(37)38-31(3,4)5)28(25-20-18-24(7-2)19-21-25)29(36)33-26-16-13-12-14-17-26/h2,18-21,26,28H,6,8-17,22-23H2,1,3-5H3,(H,32,37)(H,33,36). The van der Waals surface area contributed by atoms with E-state index in [9.17, 15) is 14.4 Å². The number of rotatable bonds is 13. The van der Waals surface area contributed by atoms with Gasteiger partial charge in [0.05, 0.1) is 0 Å². The first-order valence-electron chi connectivity index (χ1n) is 14.3.